The first-order chi connectivity index (χ1) is 11.5. The van der Waals surface area contributed by atoms with Crippen molar-refractivity contribution < 1.29 is 23.8 Å². The number of hydrogen-bond donors (Lipinski definition) is 1. The van der Waals surface area contributed by atoms with Crippen LogP contribution in [0.1, 0.15) is 26.5 Å². The summed E-state index contributed by atoms with van der Waals surface area (Å²) in [4.78, 5) is 49.8. The fraction of sp³-hybridized carbons (Fsp3) is 0.600. The van der Waals surface area contributed by atoms with E-state index in [0.717, 1.165) is 4.57 Å². The molecule has 9 heteroatoms. The number of aromatic nitrogens is 2. The molecule has 1 fully saturated rings. The Morgan fingerprint density at radius 2 is 1.92 bits per heavy atom. The SMILES string of the molecule is CCOC(=O)C(C(=O)OCC)[C@@H]1CCO[C@H]1n1ccc(=O)[nH]c1=O. The maximum Gasteiger partial charge on any atom is 0.330 e. The minimum atomic E-state index is -1.20. The lowest BCUT2D eigenvalue weighted by atomic mass is 9.89. The van der Waals surface area contributed by atoms with Crippen molar-refractivity contribution in [1.82, 2.24) is 9.55 Å². The van der Waals surface area contributed by atoms with Crippen molar-refractivity contribution in [2.45, 2.75) is 26.5 Å². The monoisotopic (exact) mass is 340 g/mol. The van der Waals surface area contributed by atoms with Crippen molar-refractivity contribution in [1.29, 1.82) is 0 Å². The first-order valence-electron chi connectivity index (χ1n) is 7.75. The van der Waals surface area contributed by atoms with Crippen molar-refractivity contribution in [2.75, 3.05) is 19.8 Å². The minimum absolute atomic E-state index is 0.117. The molecule has 24 heavy (non-hydrogen) atoms. The molecule has 0 amide bonds. The van der Waals surface area contributed by atoms with Crippen molar-refractivity contribution in [3.05, 3.63) is 33.1 Å². The van der Waals surface area contributed by atoms with Crippen LogP contribution in [0.3, 0.4) is 0 Å². The summed E-state index contributed by atoms with van der Waals surface area (Å²) < 4.78 is 16.6. The first kappa shape index (κ1) is 17.9. The summed E-state index contributed by atoms with van der Waals surface area (Å²) in [5.74, 6) is -3.26. The molecule has 2 heterocycles. The number of nitrogens with zero attached hydrogens (tertiary/aromatic N) is 1. The molecule has 0 aliphatic carbocycles. The highest BCUT2D eigenvalue weighted by atomic mass is 16.6. The fourth-order valence-corrected chi connectivity index (χ4v) is 2.75. The molecule has 0 aromatic carbocycles. The van der Waals surface area contributed by atoms with Crippen LogP contribution in [0.2, 0.25) is 0 Å². The van der Waals surface area contributed by atoms with Crippen LogP contribution in [0.5, 0.6) is 0 Å². The fourth-order valence-electron chi connectivity index (χ4n) is 2.75. The zero-order valence-electron chi connectivity index (χ0n) is 13.5. The van der Waals surface area contributed by atoms with Gasteiger partial charge in [0.05, 0.1) is 13.2 Å². The number of rotatable bonds is 6. The van der Waals surface area contributed by atoms with Crippen molar-refractivity contribution in [2.24, 2.45) is 11.8 Å². The molecule has 9 nitrogen and oxygen atoms in total. The molecular formula is C15H20N2O7. The topological polar surface area (TPSA) is 117 Å². The van der Waals surface area contributed by atoms with Gasteiger partial charge in [-0.1, -0.05) is 0 Å². The summed E-state index contributed by atoms with van der Waals surface area (Å²) >= 11 is 0. The van der Waals surface area contributed by atoms with Gasteiger partial charge in [-0.25, -0.2) is 4.79 Å². The van der Waals surface area contributed by atoms with Crippen LogP contribution in [-0.2, 0) is 23.8 Å². The molecule has 1 N–H and O–H groups in total. The van der Waals surface area contributed by atoms with Gasteiger partial charge in [-0.05, 0) is 20.3 Å². The van der Waals surface area contributed by atoms with Gasteiger partial charge >= 0.3 is 17.6 Å². The Bertz CT molecular complexity index is 690. The van der Waals surface area contributed by atoms with Gasteiger partial charge in [-0.3, -0.25) is 23.9 Å². The largest absolute Gasteiger partial charge is 0.465 e. The molecule has 0 spiro atoms. The summed E-state index contributed by atoms with van der Waals surface area (Å²) in [5.41, 5.74) is -1.22. The van der Waals surface area contributed by atoms with Crippen LogP contribution >= 0.6 is 0 Å². The van der Waals surface area contributed by atoms with Gasteiger partial charge in [-0.2, -0.15) is 0 Å². The third-order valence-corrected chi connectivity index (χ3v) is 3.74. The van der Waals surface area contributed by atoms with E-state index in [4.69, 9.17) is 14.2 Å². The molecule has 2 atom stereocenters. The number of hydrogen-bond acceptors (Lipinski definition) is 7. The predicted molar refractivity (Wildman–Crippen MR) is 81.2 cm³/mol. The molecular weight excluding hydrogens is 320 g/mol. The van der Waals surface area contributed by atoms with Gasteiger partial charge in [0.2, 0.25) is 0 Å². The van der Waals surface area contributed by atoms with Crippen LogP contribution in [0.4, 0.5) is 0 Å². The smallest absolute Gasteiger partial charge is 0.330 e. The highest BCUT2D eigenvalue weighted by molar-refractivity contribution is 5.95. The van der Waals surface area contributed by atoms with E-state index >= 15 is 0 Å². The normalized spacial score (nSPS) is 20.1. The third-order valence-electron chi connectivity index (χ3n) is 3.74. The Morgan fingerprint density at radius 1 is 1.29 bits per heavy atom. The zero-order chi connectivity index (χ0) is 17.7. The van der Waals surface area contributed by atoms with Gasteiger partial charge in [0.15, 0.2) is 5.92 Å². The predicted octanol–water partition coefficient (Wildman–Crippen LogP) is -0.186. The quantitative estimate of drug-likeness (QED) is 0.563. The van der Waals surface area contributed by atoms with Gasteiger partial charge < -0.3 is 14.2 Å². The summed E-state index contributed by atoms with van der Waals surface area (Å²) in [6.45, 7) is 3.76. The number of esters is 2. The van der Waals surface area contributed by atoms with Crippen LogP contribution in [-0.4, -0.2) is 41.3 Å². The summed E-state index contributed by atoms with van der Waals surface area (Å²) in [6.07, 6.45) is 0.781. The molecule has 0 unspecified atom stereocenters. The molecule has 1 aliphatic rings. The van der Waals surface area contributed by atoms with E-state index in [2.05, 4.69) is 4.98 Å². The van der Waals surface area contributed by atoms with Gasteiger partial charge in [-0.15, -0.1) is 0 Å². The highest BCUT2D eigenvalue weighted by Crippen LogP contribution is 2.36. The Labute approximate surface area is 137 Å². The van der Waals surface area contributed by atoms with Gasteiger partial charge in [0.25, 0.3) is 5.56 Å². The van der Waals surface area contributed by atoms with E-state index in [1.807, 2.05) is 0 Å². The van der Waals surface area contributed by atoms with Crippen LogP contribution < -0.4 is 11.2 Å². The average molecular weight is 340 g/mol. The molecule has 0 saturated carbocycles. The lowest BCUT2D eigenvalue weighted by Crippen LogP contribution is -2.40. The van der Waals surface area contributed by atoms with E-state index in [9.17, 15) is 19.2 Å². The minimum Gasteiger partial charge on any atom is -0.465 e. The second kappa shape index (κ2) is 7.91. The van der Waals surface area contributed by atoms with Gasteiger partial charge in [0, 0.05) is 24.8 Å². The number of carbonyl (C=O) groups excluding carboxylic acids is 2. The molecule has 0 radical (unpaired) electrons. The van der Waals surface area contributed by atoms with Crippen molar-refractivity contribution in [3.8, 4) is 0 Å². The maximum absolute atomic E-state index is 12.2. The Hall–Kier alpha value is -2.42. The van der Waals surface area contributed by atoms with Crippen LogP contribution in [0.25, 0.3) is 0 Å². The zero-order valence-corrected chi connectivity index (χ0v) is 13.5. The second-order valence-corrected chi connectivity index (χ2v) is 5.21. The summed E-state index contributed by atoms with van der Waals surface area (Å²) in [5, 5.41) is 0. The third kappa shape index (κ3) is 3.73. The Balaban J connectivity index is 2.36. The molecule has 1 aromatic heterocycles. The van der Waals surface area contributed by atoms with E-state index in [0.29, 0.717) is 6.42 Å². The maximum atomic E-state index is 12.2. The summed E-state index contributed by atoms with van der Waals surface area (Å²) in [7, 11) is 0. The van der Waals surface area contributed by atoms with Crippen molar-refractivity contribution >= 4 is 11.9 Å². The number of carbonyl (C=O) groups is 2. The highest BCUT2D eigenvalue weighted by Gasteiger charge is 2.45. The Morgan fingerprint density at radius 3 is 2.46 bits per heavy atom. The first-order valence-corrected chi connectivity index (χ1v) is 7.75. The van der Waals surface area contributed by atoms with Gasteiger partial charge in [0.1, 0.15) is 6.23 Å². The van der Waals surface area contributed by atoms with E-state index < -0.39 is 41.3 Å². The average Bonchev–Trinajstić information content (AvgIpc) is 2.97. The number of ether oxygens (including phenoxy) is 3. The number of H-pyrrole nitrogens is 1. The lowest BCUT2D eigenvalue weighted by Gasteiger charge is -2.25. The molecule has 1 aliphatic heterocycles. The second-order valence-electron chi connectivity index (χ2n) is 5.21. The van der Waals surface area contributed by atoms with E-state index in [-0.39, 0.29) is 19.8 Å². The molecule has 2 rings (SSSR count). The van der Waals surface area contributed by atoms with E-state index in [1.165, 1.54) is 12.3 Å². The summed E-state index contributed by atoms with van der Waals surface area (Å²) in [6, 6.07) is 1.17. The standard InChI is InChI=1S/C15H20N2O7/c1-3-22-13(19)11(14(20)23-4-2)9-6-8-24-12(9)17-7-5-10(18)16-15(17)21/h5,7,9,11-12H,3-4,6,8H2,1-2H3,(H,16,18,21)/t9-,12+/m0/s1. The lowest BCUT2D eigenvalue weighted by molar-refractivity contribution is -0.166. The van der Waals surface area contributed by atoms with Crippen molar-refractivity contribution in [3.63, 3.8) is 0 Å². The molecule has 1 aromatic rings. The molecule has 1 saturated heterocycles. The number of nitrogens with one attached hydrogen (secondary N) is 1. The van der Waals surface area contributed by atoms with Crippen LogP contribution in [0, 0.1) is 11.8 Å². The molecule has 0 bridgehead atoms. The number of aromatic amines is 1. The molecule has 132 valence electrons. The Kier molecular flexibility index (Phi) is 5.91. The van der Waals surface area contributed by atoms with E-state index in [1.54, 1.807) is 13.8 Å². The van der Waals surface area contributed by atoms with Crippen LogP contribution in [0.15, 0.2) is 21.9 Å².